The summed E-state index contributed by atoms with van der Waals surface area (Å²) in [5, 5.41) is 5.85. The predicted molar refractivity (Wildman–Crippen MR) is 88.5 cm³/mol. The van der Waals surface area contributed by atoms with Gasteiger partial charge in [-0.1, -0.05) is 6.92 Å². The highest BCUT2D eigenvalue weighted by atomic mass is 32.1. The van der Waals surface area contributed by atoms with Gasteiger partial charge in [0.15, 0.2) is 6.61 Å². The molecule has 0 bridgehead atoms. The number of rotatable bonds is 7. The van der Waals surface area contributed by atoms with E-state index < -0.39 is 5.91 Å². The maximum absolute atomic E-state index is 12.3. The van der Waals surface area contributed by atoms with Crippen molar-refractivity contribution >= 4 is 23.2 Å². The van der Waals surface area contributed by atoms with Crippen molar-refractivity contribution in [2.24, 2.45) is 5.73 Å². The number of nitrogens with zero attached hydrogens (tertiary/aromatic N) is 1. The molecule has 1 atom stereocenters. The van der Waals surface area contributed by atoms with Crippen LogP contribution in [0.1, 0.15) is 40.4 Å². The summed E-state index contributed by atoms with van der Waals surface area (Å²) in [6.07, 6.45) is 0.762. The summed E-state index contributed by atoms with van der Waals surface area (Å²) < 4.78 is 5.16. The summed E-state index contributed by atoms with van der Waals surface area (Å²) in [7, 11) is 0. The SMILES string of the molecule is CCC(NC(=O)c1ccc(OCC(N)=O)cc1)c1nc(C)cs1. The first-order valence-electron chi connectivity index (χ1n) is 7.23. The normalized spacial score (nSPS) is 11.7. The van der Waals surface area contributed by atoms with E-state index in [0.717, 1.165) is 17.1 Å². The van der Waals surface area contributed by atoms with Crippen molar-refractivity contribution in [2.45, 2.75) is 26.3 Å². The lowest BCUT2D eigenvalue weighted by molar-refractivity contribution is -0.119. The van der Waals surface area contributed by atoms with E-state index in [1.165, 1.54) is 0 Å². The Morgan fingerprint density at radius 2 is 2.04 bits per heavy atom. The number of amides is 2. The molecule has 0 saturated carbocycles. The number of nitrogens with one attached hydrogen (secondary N) is 1. The Balaban J connectivity index is 2.00. The number of primary amides is 1. The summed E-state index contributed by atoms with van der Waals surface area (Å²) in [6.45, 7) is 3.74. The standard InChI is InChI=1S/C16H19N3O3S/c1-3-13(16-18-10(2)9-23-16)19-15(21)11-4-6-12(7-5-11)22-8-14(17)20/h4-7,9,13H,3,8H2,1-2H3,(H2,17,20)(H,19,21). The van der Waals surface area contributed by atoms with E-state index in [9.17, 15) is 9.59 Å². The van der Waals surface area contributed by atoms with Crippen LogP contribution in [0.3, 0.4) is 0 Å². The first-order valence-corrected chi connectivity index (χ1v) is 8.11. The third kappa shape index (κ3) is 4.79. The summed E-state index contributed by atoms with van der Waals surface area (Å²) in [5.74, 6) is -0.231. The van der Waals surface area contributed by atoms with Gasteiger partial charge in [0.1, 0.15) is 10.8 Å². The lowest BCUT2D eigenvalue weighted by Crippen LogP contribution is -2.28. The number of nitrogens with two attached hydrogens (primary N) is 1. The second-order valence-corrected chi connectivity index (χ2v) is 5.93. The second-order valence-electron chi connectivity index (χ2n) is 5.04. The molecule has 2 aromatic rings. The summed E-state index contributed by atoms with van der Waals surface area (Å²) in [4.78, 5) is 27.4. The molecule has 2 rings (SSSR count). The van der Waals surface area contributed by atoms with Crippen LogP contribution in [-0.4, -0.2) is 23.4 Å². The second kappa shape index (κ2) is 7.73. The van der Waals surface area contributed by atoms with Gasteiger partial charge in [-0.05, 0) is 37.6 Å². The van der Waals surface area contributed by atoms with Crippen molar-refractivity contribution in [2.75, 3.05) is 6.61 Å². The van der Waals surface area contributed by atoms with Crippen LogP contribution < -0.4 is 15.8 Å². The number of thiazole rings is 1. The molecule has 1 unspecified atom stereocenters. The van der Waals surface area contributed by atoms with Gasteiger partial charge >= 0.3 is 0 Å². The summed E-state index contributed by atoms with van der Waals surface area (Å²) in [6, 6.07) is 6.45. The van der Waals surface area contributed by atoms with E-state index in [2.05, 4.69) is 10.3 Å². The number of benzene rings is 1. The number of aromatic nitrogens is 1. The van der Waals surface area contributed by atoms with Gasteiger partial charge in [-0.15, -0.1) is 11.3 Å². The number of carbonyl (C=O) groups excluding carboxylic acids is 2. The Hall–Kier alpha value is -2.41. The van der Waals surface area contributed by atoms with Gasteiger partial charge in [0.25, 0.3) is 11.8 Å². The van der Waals surface area contributed by atoms with Gasteiger partial charge < -0.3 is 15.8 Å². The fourth-order valence-corrected chi connectivity index (χ4v) is 2.90. The van der Waals surface area contributed by atoms with Crippen molar-refractivity contribution in [1.82, 2.24) is 10.3 Å². The van der Waals surface area contributed by atoms with Crippen LogP contribution in [-0.2, 0) is 4.79 Å². The quantitative estimate of drug-likeness (QED) is 0.812. The van der Waals surface area contributed by atoms with Gasteiger partial charge in [0.05, 0.1) is 6.04 Å². The third-order valence-electron chi connectivity index (χ3n) is 3.15. The van der Waals surface area contributed by atoms with Crippen LogP contribution in [0.4, 0.5) is 0 Å². The number of ether oxygens (including phenoxy) is 1. The van der Waals surface area contributed by atoms with Crippen LogP contribution >= 0.6 is 11.3 Å². The monoisotopic (exact) mass is 333 g/mol. The highest BCUT2D eigenvalue weighted by Crippen LogP contribution is 2.21. The van der Waals surface area contributed by atoms with Crippen molar-refractivity contribution in [3.8, 4) is 5.75 Å². The lowest BCUT2D eigenvalue weighted by atomic mass is 10.1. The van der Waals surface area contributed by atoms with Crippen molar-refractivity contribution in [1.29, 1.82) is 0 Å². The van der Waals surface area contributed by atoms with Gasteiger partial charge in [-0.3, -0.25) is 9.59 Å². The molecule has 0 aliphatic carbocycles. The molecule has 7 heteroatoms. The fraction of sp³-hybridized carbons (Fsp3) is 0.312. The van der Waals surface area contributed by atoms with Crippen molar-refractivity contribution in [3.05, 3.63) is 45.9 Å². The molecule has 1 heterocycles. The Morgan fingerprint density at radius 3 is 2.57 bits per heavy atom. The van der Waals surface area contributed by atoms with Gasteiger partial charge in [0.2, 0.25) is 0 Å². The van der Waals surface area contributed by atoms with Crippen LogP contribution in [0.25, 0.3) is 0 Å². The lowest BCUT2D eigenvalue weighted by Gasteiger charge is -2.14. The zero-order valence-corrected chi connectivity index (χ0v) is 13.9. The minimum atomic E-state index is -0.545. The van der Waals surface area contributed by atoms with Crippen LogP contribution in [0.2, 0.25) is 0 Å². The largest absolute Gasteiger partial charge is 0.484 e. The van der Waals surface area contributed by atoms with E-state index in [1.54, 1.807) is 35.6 Å². The Kier molecular flexibility index (Phi) is 5.70. The molecule has 3 N–H and O–H groups in total. The highest BCUT2D eigenvalue weighted by Gasteiger charge is 2.17. The molecule has 1 aromatic heterocycles. The number of hydrogen-bond donors (Lipinski definition) is 2. The van der Waals surface area contributed by atoms with E-state index in [-0.39, 0.29) is 18.6 Å². The first kappa shape index (κ1) is 17.0. The molecule has 6 nitrogen and oxygen atoms in total. The molecule has 122 valence electrons. The first-order chi connectivity index (χ1) is 11.0. The molecular weight excluding hydrogens is 314 g/mol. The Bertz CT molecular complexity index is 682. The maximum atomic E-state index is 12.3. The summed E-state index contributed by atoms with van der Waals surface area (Å²) in [5.41, 5.74) is 6.48. The molecule has 1 aromatic carbocycles. The Morgan fingerprint density at radius 1 is 1.35 bits per heavy atom. The molecule has 0 radical (unpaired) electrons. The molecule has 23 heavy (non-hydrogen) atoms. The molecule has 0 fully saturated rings. The van der Waals surface area contributed by atoms with Crippen LogP contribution in [0.15, 0.2) is 29.6 Å². The highest BCUT2D eigenvalue weighted by molar-refractivity contribution is 7.09. The zero-order chi connectivity index (χ0) is 16.8. The molecule has 0 saturated heterocycles. The molecule has 0 aliphatic rings. The number of hydrogen-bond acceptors (Lipinski definition) is 5. The zero-order valence-electron chi connectivity index (χ0n) is 13.0. The maximum Gasteiger partial charge on any atom is 0.255 e. The number of carbonyl (C=O) groups is 2. The summed E-state index contributed by atoms with van der Waals surface area (Å²) >= 11 is 1.54. The fourth-order valence-electron chi connectivity index (χ4n) is 1.97. The molecule has 2 amide bonds. The van der Waals surface area contributed by atoms with Gasteiger partial charge in [-0.25, -0.2) is 4.98 Å². The van der Waals surface area contributed by atoms with Gasteiger partial charge in [0, 0.05) is 16.6 Å². The van der Waals surface area contributed by atoms with E-state index in [4.69, 9.17) is 10.5 Å². The molecular formula is C16H19N3O3S. The molecule has 0 spiro atoms. The topological polar surface area (TPSA) is 94.3 Å². The Labute approximate surface area is 138 Å². The van der Waals surface area contributed by atoms with E-state index in [0.29, 0.717) is 11.3 Å². The van der Waals surface area contributed by atoms with Crippen molar-refractivity contribution < 1.29 is 14.3 Å². The number of aryl methyl sites for hydroxylation is 1. The minimum absolute atomic E-state index is 0.105. The average molecular weight is 333 g/mol. The van der Waals surface area contributed by atoms with Crippen LogP contribution in [0.5, 0.6) is 5.75 Å². The predicted octanol–water partition coefficient (Wildman–Crippen LogP) is 2.20. The third-order valence-corrected chi connectivity index (χ3v) is 4.22. The van der Waals surface area contributed by atoms with Crippen LogP contribution in [0, 0.1) is 6.92 Å². The minimum Gasteiger partial charge on any atom is -0.484 e. The van der Waals surface area contributed by atoms with E-state index >= 15 is 0 Å². The smallest absolute Gasteiger partial charge is 0.255 e. The van der Waals surface area contributed by atoms with Crippen molar-refractivity contribution in [3.63, 3.8) is 0 Å². The van der Waals surface area contributed by atoms with E-state index in [1.807, 2.05) is 19.2 Å². The molecule has 0 aliphatic heterocycles. The van der Waals surface area contributed by atoms with Gasteiger partial charge in [-0.2, -0.15) is 0 Å². The average Bonchev–Trinajstić information content (AvgIpc) is 2.97.